The first-order chi connectivity index (χ1) is 8.43. The highest BCUT2D eigenvalue weighted by molar-refractivity contribution is 9.11. The highest BCUT2D eigenvalue weighted by Crippen LogP contribution is 2.34. The Balaban J connectivity index is 3.45. The normalized spacial score (nSPS) is 19.1. The summed E-state index contributed by atoms with van der Waals surface area (Å²) in [4.78, 5) is 31.8. The molecule has 0 aromatic heterocycles. The summed E-state index contributed by atoms with van der Waals surface area (Å²) in [6, 6.07) is -1.57. The molecule has 1 aliphatic rings. The SMILES string of the molecule is CCOC1=CC(=C=O)C([N+](=O)[O-])C(Br)=C1C(=O)O. The van der Waals surface area contributed by atoms with Gasteiger partial charge in [-0.1, -0.05) is 0 Å². The van der Waals surface area contributed by atoms with Crippen molar-refractivity contribution in [3.63, 3.8) is 0 Å². The van der Waals surface area contributed by atoms with Crippen molar-refractivity contribution in [1.29, 1.82) is 0 Å². The van der Waals surface area contributed by atoms with E-state index in [4.69, 9.17) is 9.84 Å². The van der Waals surface area contributed by atoms with Crippen LogP contribution in [0.25, 0.3) is 0 Å². The van der Waals surface area contributed by atoms with Gasteiger partial charge in [-0.2, -0.15) is 0 Å². The Bertz CT molecular complexity index is 514. The summed E-state index contributed by atoms with van der Waals surface area (Å²) in [6.45, 7) is 1.79. The predicted octanol–water partition coefficient (Wildman–Crippen LogP) is 1.06. The molecule has 0 radical (unpaired) electrons. The Kier molecular flexibility index (Phi) is 4.41. The van der Waals surface area contributed by atoms with Crippen LogP contribution in [0.15, 0.2) is 27.5 Å². The van der Waals surface area contributed by atoms with Gasteiger partial charge in [0.25, 0.3) is 6.04 Å². The van der Waals surface area contributed by atoms with Crippen LogP contribution in [0.5, 0.6) is 0 Å². The van der Waals surface area contributed by atoms with Crippen molar-refractivity contribution in [3.8, 4) is 0 Å². The number of halogens is 1. The van der Waals surface area contributed by atoms with Crippen molar-refractivity contribution in [2.45, 2.75) is 13.0 Å². The van der Waals surface area contributed by atoms with Crippen molar-refractivity contribution < 1.29 is 24.4 Å². The summed E-state index contributed by atoms with van der Waals surface area (Å²) in [5.41, 5.74) is -0.655. The van der Waals surface area contributed by atoms with Crippen LogP contribution < -0.4 is 0 Å². The Morgan fingerprint density at radius 3 is 2.72 bits per heavy atom. The molecule has 0 saturated carbocycles. The van der Waals surface area contributed by atoms with Gasteiger partial charge in [0.15, 0.2) is 0 Å². The van der Waals surface area contributed by atoms with Crippen molar-refractivity contribution in [3.05, 3.63) is 37.6 Å². The Morgan fingerprint density at radius 1 is 1.72 bits per heavy atom. The van der Waals surface area contributed by atoms with E-state index in [0.717, 1.165) is 6.08 Å². The summed E-state index contributed by atoms with van der Waals surface area (Å²) < 4.78 is 4.83. The van der Waals surface area contributed by atoms with Crippen LogP contribution in [-0.2, 0) is 14.3 Å². The average molecular weight is 318 g/mol. The van der Waals surface area contributed by atoms with Gasteiger partial charge in [-0.3, -0.25) is 10.1 Å². The molecule has 0 amide bonds. The van der Waals surface area contributed by atoms with E-state index < -0.39 is 16.9 Å². The quantitative estimate of drug-likeness (QED) is 0.472. The van der Waals surface area contributed by atoms with E-state index >= 15 is 0 Å². The monoisotopic (exact) mass is 317 g/mol. The number of carboxylic acid groups (broad SMARTS) is 1. The smallest absolute Gasteiger partial charge is 0.340 e. The minimum absolute atomic E-state index is 0.103. The van der Waals surface area contributed by atoms with Crippen LogP contribution in [0.2, 0.25) is 0 Å². The van der Waals surface area contributed by atoms with Crippen molar-refractivity contribution in [2.75, 3.05) is 6.61 Å². The fourth-order valence-electron chi connectivity index (χ4n) is 1.45. The van der Waals surface area contributed by atoms with E-state index in [1.165, 1.54) is 5.94 Å². The second kappa shape index (κ2) is 5.61. The lowest BCUT2D eigenvalue weighted by Gasteiger charge is -2.18. The first kappa shape index (κ1) is 14.1. The summed E-state index contributed by atoms with van der Waals surface area (Å²) >= 11 is 2.85. The van der Waals surface area contributed by atoms with E-state index in [9.17, 15) is 19.7 Å². The number of carboxylic acids is 1. The van der Waals surface area contributed by atoms with E-state index in [0.29, 0.717) is 0 Å². The van der Waals surface area contributed by atoms with Crippen LogP contribution in [0.1, 0.15) is 6.92 Å². The number of nitrogens with zero attached hydrogens (tertiary/aromatic N) is 1. The highest BCUT2D eigenvalue weighted by Gasteiger charge is 2.39. The van der Waals surface area contributed by atoms with Crippen molar-refractivity contribution >= 4 is 27.8 Å². The minimum atomic E-state index is -1.57. The molecule has 8 heteroatoms. The number of ether oxygens (including phenoxy) is 1. The fourth-order valence-corrected chi connectivity index (χ4v) is 2.23. The molecular formula is C10H8BrNO6. The lowest BCUT2D eigenvalue weighted by Crippen LogP contribution is -2.28. The van der Waals surface area contributed by atoms with E-state index in [1.807, 2.05) is 0 Å². The highest BCUT2D eigenvalue weighted by atomic mass is 79.9. The standard InChI is InChI=1S/C10H8BrNO6/c1-2-18-6-3-5(4-13)9(12(16)17)8(11)7(6)10(14)15/h3,9H,2H2,1H3,(H,14,15). The molecule has 1 aliphatic carbocycles. The maximum Gasteiger partial charge on any atom is 0.340 e. The van der Waals surface area contributed by atoms with Crippen LogP contribution in [0.4, 0.5) is 0 Å². The van der Waals surface area contributed by atoms with Gasteiger partial charge in [-0.05, 0) is 22.9 Å². The van der Waals surface area contributed by atoms with E-state index in [2.05, 4.69) is 15.9 Å². The second-order valence-corrected chi connectivity index (χ2v) is 4.07. The molecule has 96 valence electrons. The number of carbonyl (C=O) groups is 1. The molecule has 0 spiro atoms. The number of aliphatic carboxylic acids is 1. The molecule has 7 nitrogen and oxygen atoms in total. The lowest BCUT2D eigenvalue weighted by molar-refractivity contribution is -0.499. The molecule has 1 rings (SSSR count). The molecule has 0 fully saturated rings. The molecular weight excluding hydrogens is 310 g/mol. The molecule has 1 unspecified atom stereocenters. The zero-order chi connectivity index (χ0) is 13.9. The van der Waals surface area contributed by atoms with Gasteiger partial charge in [-0.25, -0.2) is 9.59 Å². The average Bonchev–Trinajstić information content (AvgIpc) is 2.27. The number of nitro groups is 1. The molecule has 1 atom stereocenters. The Labute approximate surface area is 110 Å². The number of carbonyl (C=O) groups excluding carboxylic acids is 1. The van der Waals surface area contributed by atoms with Gasteiger partial charge < -0.3 is 9.84 Å². The van der Waals surface area contributed by atoms with Crippen LogP contribution in [-0.4, -0.2) is 34.6 Å². The third kappa shape index (κ3) is 2.49. The molecule has 0 heterocycles. The summed E-state index contributed by atoms with van der Waals surface area (Å²) in [5, 5.41) is 19.9. The fraction of sp³-hybridized carbons (Fsp3) is 0.300. The summed E-state index contributed by atoms with van der Waals surface area (Å²) in [5.74, 6) is -0.0548. The van der Waals surface area contributed by atoms with Crippen molar-refractivity contribution in [1.82, 2.24) is 0 Å². The predicted molar refractivity (Wildman–Crippen MR) is 63.3 cm³/mol. The third-order valence-electron chi connectivity index (χ3n) is 2.15. The van der Waals surface area contributed by atoms with Crippen molar-refractivity contribution in [2.24, 2.45) is 0 Å². The molecule has 18 heavy (non-hydrogen) atoms. The Hall–Kier alpha value is -1.92. The van der Waals surface area contributed by atoms with Crippen LogP contribution in [0.3, 0.4) is 0 Å². The summed E-state index contributed by atoms with van der Waals surface area (Å²) in [7, 11) is 0. The minimum Gasteiger partial charge on any atom is -0.493 e. The number of hydrogen-bond acceptors (Lipinski definition) is 5. The molecule has 0 aromatic rings. The topological polar surface area (TPSA) is 107 Å². The first-order valence-electron chi connectivity index (χ1n) is 4.80. The number of rotatable bonds is 4. The van der Waals surface area contributed by atoms with E-state index in [-0.39, 0.29) is 28.0 Å². The maximum atomic E-state index is 11.1. The lowest BCUT2D eigenvalue weighted by atomic mass is 9.97. The van der Waals surface area contributed by atoms with Gasteiger partial charge in [0.2, 0.25) is 0 Å². The summed E-state index contributed by atoms with van der Waals surface area (Å²) in [6.07, 6.45) is 1.03. The molecule has 0 saturated heterocycles. The van der Waals surface area contributed by atoms with Gasteiger partial charge in [0.1, 0.15) is 22.8 Å². The third-order valence-corrected chi connectivity index (χ3v) is 2.98. The Morgan fingerprint density at radius 2 is 2.33 bits per heavy atom. The van der Waals surface area contributed by atoms with Crippen LogP contribution in [0, 0.1) is 10.1 Å². The zero-order valence-electron chi connectivity index (χ0n) is 9.18. The van der Waals surface area contributed by atoms with Gasteiger partial charge >= 0.3 is 5.97 Å². The number of hydrogen-bond donors (Lipinski definition) is 1. The maximum absolute atomic E-state index is 11.1. The van der Waals surface area contributed by atoms with Gasteiger partial charge in [-0.15, -0.1) is 0 Å². The van der Waals surface area contributed by atoms with E-state index in [1.54, 1.807) is 6.92 Å². The largest absolute Gasteiger partial charge is 0.493 e. The molecule has 0 aromatic carbocycles. The zero-order valence-corrected chi connectivity index (χ0v) is 10.8. The molecule has 1 N–H and O–H groups in total. The van der Waals surface area contributed by atoms with Crippen LogP contribution >= 0.6 is 15.9 Å². The van der Waals surface area contributed by atoms with Gasteiger partial charge in [0.05, 0.1) is 11.1 Å². The molecule has 0 bridgehead atoms. The van der Waals surface area contributed by atoms with Gasteiger partial charge in [0, 0.05) is 11.0 Å². The molecule has 0 aliphatic heterocycles. The second-order valence-electron chi connectivity index (χ2n) is 3.21. The first-order valence-corrected chi connectivity index (χ1v) is 5.59.